The van der Waals surface area contributed by atoms with Crippen LogP contribution in [0, 0.1) is 5.92 Å². The minimum atomic E-state index is 0.628. The number of hydrogen-bond donors (Lipinski definition) is 1. The van der Waals surface area contributed by atoms with E-state index in [1.54, 1.807) is 11.3 Å². The van der Waals surface area contributed by atoms with Crippen molar-refractivity contribution in [3.05, 3.63) is 23.6 Å². The summed E-state index contributed by atoms with van der Waals surface area (Å²) < 4.78 is 2.25. The lowest BCUT2D eigenvalue weighted by Crippen LogP contribution is -2.34. The summed E-state index contributed by atoms with van der Waals surface area (Å²) in [5.41, 5.74) is 1.12. The maximum absolute atomic E-state index is 4.84. The van der Waals surface area contributed by atoms with Crippen molar-refractivity contribution in [2.45, 2.75) is 31.7 Å². The molecule has 1 N–H and O–H groups in total. The Bertz CT molecular complexity index is 543. The molecule has 2 unspecified atom stereocenters. The average Bonchev–Trinajstić information content (AvgIpc) is 3.07. The van der Waals surface area contributed by atoms with Crippen molar-refractivity contribution < 1.29 is 0 Å². The summed E-state index contributed by atoms with van der Waals surface area (Å²) in [4.78, 5) is 1.27. The van der Waals surface area contributed by atoms with Gasteiger partial charge in [0.15, 0.2) is 0 Å². The topological polar surface area (TPSA) is 29.9 Å². The summed E-state index contributed by atoms with van der Waals surface area (Å²) >= 11 is 1.77. The molecule has 94 valence electrons. The van der Waals surface area contributed by atoms with E-state index in [1.165, 1.54) is 36.4 Å². The van der Waals surface area contributed by atoms with Gasteiger partial charge in [-0.25, -0.2) is 4.68 Å². The molecule has 1 fully saturated rings. The number of thiophene rings is 1. The van der Waals surface area contributed by atoms with Crippen molar-refractivity contribution in [2.24, 2.45) is 5.92 Å². The zero-order chi connectivity index (χ0) is 11.9. The minimum absolute atomic E-state index is 0.628. The second-order valence-electron chi connectivity index (χ2n) is 5.33. The van der Waals surface area contributed by atoms with Crippen LogP contribution >= 0.6 is 11.3 Å². The Morgan fingerprint density at radius 3 is 3.17 bits per heavy atom. The molecule has 18 heavy (non-hydrogen) atoms. The van der Waals surface area contributed by atoms with E-state index in [0.717, 1.165) is 18.2 Å². The van der Waals surface area contributed by atoms with Crippen LogP contribution in [0.2, 0.25) is 0 Å². The summed E-state index contributed by atoms with van der Waals surface area (Å²) in [5.74, 6) is 1.99. The van der Waals surface area contributed by atoms with Crippen LogP contribution in [-0.4, -0.2) is 16.3 Å². The van der Waals surface area contributed by atoms with E-state index in [-0.39, 0.29) is 0 Å². The molecule has 2 aromatic heterocycles. The van der Waals surface area contributed by atoms with Crippen molar-refractivity contribution in [1.82, 2.24) is 9.78 Å². The third-order valence-electron chi connectivity index (χ3n) is 4.24. The van der Waals surface area contributed by atoms with Gasteiger partial charge in [-0.3, -0.25) is 0 Å². The van der Waals surface area contributed by atoms with Crippen LogP contribution in [0.5, 0.6) is 0 Å². The molecule has 0 radical (unpaired) electrons. The van der Waals surface area contributed by atoms with E-state index in [1.807, 2.05) is 0 Å². The minimum Gasteiger partial charge on any atom is -0.370 e. The fraction of sp³-hybridized carbons (Fsp3) is 0.500. The molecule has 4 rings (SSSR count). The Morgan fingerprint density at radius 2 is 2.28 bits per heavy atom. The molecule has 1 aliphatic heterocycles. The van der Waals surface area contributed by atoms with Crippen LogP contribution in [0.3, 0.4) is 0 Å². The number of hydrogen-bond acceptors (Lipinski definition) is 3. The number of nitrogens with one attached hydrogen (secondary N) is 1. The summed E-state index contributed by atoms with van der Waals surface area (Å²) in [6, 6.07) is 7.08. The molecular formula is C14H17N3S. The SMILES string of the molecule is c1csc(-c2cc3n(n2)C2CCCCC2CN3)c1. The lowest BCUT2D eigenvalue weighted by atomic mass is 9.83. The van der Waals surface area contributed by atoms with E-state index in [0.29, 0.717) is 6.04 Å². The highest BCUT2D eigenvalue weighted by Crippen LogP contribution is 2.40. The molecule has 4 heteroatoms. The summed E-state index contributed by atoms with van der Waals surface area (Å²) in [7, 11) is 0. The van der Waals surface area contributed by atoms with Crippen molar-refractivity contribution in [3.8, 4) is 10.6 Å². The molecule has 3 heterocycles. The summed E-state index contributed by atoms with van der Waals surface area (Å²) in [6.07, 6.45) is 5.39. The van der Waals surface area contributed by atoms with Gasteiger partial charge in [0, 0.05) is 12.6 Å². The first kappa shape index (κ1) is 10.6. The van der Waals surface area contributed by atoms with E-state index >= 15 is 0 Å². The van der Waals surface area contributed by atoms with Gasteiger partial charge in [0.05, 0.1) is 10.9 Å². The first-order chi connectivity index (χ1) is 8.92. The predicted molar refractivity (Wildman–Crippen MR) is 75.0 cm³/mol. The molecule has 0 aromatic carbocycles. The second kappa shape index (κ2) is 4.12. The van der Waals surface area contributed by atoms with E-state index < -0.39 is 0 Å². The highest BCUT2D eigenvalue weighted by atomic mass is 32.1. The van der Waals surface area contributed by atoms with Crippen LogP contribution in [-0.2, 0) is 0 Å². The summed E-state index contributed by atoms with van der Waals surface area (Å²) in [5, 5.41) is 10.5. The molecule has 3 nitrogen and oxygen atoms in total. The van der Waals surface area contributed by atoms with Gasteiger partial charge in [-0.15, -0.1) is 11.3 Å². The van der Waals surface area contributed by atoms with E-state index in [2.05, 4.69) is 33.6 Å². The average molecular weight is 259 g/mol. The van der Waals surface area contributed by atoms with Gasteiger partial charge in [-0.05, 0) is 30.2 Å². The Hall–Kier alpha value is -1.29. The molecular weight excluding hydrogens is 242 g/mol. The molecule has 2 atom stereocenters. The number of fused-ring (bicyclic) bond motifs is 3. The smallest absolute Gasteiger partial charge is 0.125 e. The van der Waals surface area contributed by atoms with Gasteiger partial charge in [0.25, 0.3) is 0 Å². The zero-order valence-corrected chi connectivity index (χ0v) is 11.1. The standard InChI is InChI=1S/C14H17N3S/c1-2-5-12-10(4-1)9-15-14-8-11(16-17(12)14)13-6-3-7-18-13/h3,6-8,10,12,15H,1-2,4-5,9H2. The number of rotatable bonds is 1. The van der Waals surface area contributed by atoms with Crippen LogP contribution in [0.4, 0.5) is 5.82 Å². The highest BCUT2D eigenvalue weighted by molar-refractivity contribution is 7.13. The quantitative estimate of drug-likeness (QED) is 0.845. The lowest BCUT2D eigenvalue weighted by Gasteiger charge is -2.36. The van der Waals surface area contributed by atoms with Gasteiger partial charge in [0.1, 0.15) is 11.5 Å². The Kier molecular flexibility index (Phi) is 2.43. The number of nitrogens with zero attached hydrogens (tertiary/aromatic N) is 2. The number of aromatic nitrogens is 2. The van der Waals surface area contributed by atoms with Crippen molar-refractivity contribution in [3.63, 3.8) is 0 Å². The van der Waals surface area contributed by atoms with Crippen molar-refractivity contribution in [1.29, 1.82) is 0 Å². The Balaban J connectivity index is 1.74. The summed E-state index contributed by atoms with van der Waals surface area (Å²) in [6.45, 7) is 1.13. The largest absolute Gasteiger partial charge is 0.370 e. The Morgan fingerprint density at radius 1 is 1.33 bits per heavy atom. The maximum atomic E-state index is 4.84. The third kappa shape index (κ3) is 1.59. The van der Waals surface area contributed by atoms with E-state index in [4.69, 9.17) is 5.10 Å². The molecule has 0 bridgehead atoms. The van der Waals surface area contributed by atoms with Crippen LogP contribution < -0.4 is 5.32 Å². The van der Waals surface area contributed by atoms with Crippen LogP contribution in [0.25, 0.3) is 10.6 Å². The zero-order valence-electron chi connectivity index (χ0n) is 10.3. The Labute approximate surface area is 111 Å². The van der Waals surface area contributed by atoms with Crippen molar-refractivity contribution in [2.75, 3.05) is 11.9 Å². The van der Waals surface area contributed by atoms with Crippen molar-refractivity contribution >= 4 is 17.2 Å². The molecule has 0 spiro atoms. The molecule has 2 aromatic rings. The van der Waals surface area contributed by atoms with Gasteiger partial charge < -0.3 is 5.32 Å². The second-order valence-corrected chi connectivity index (χ2v) is 6.28. The van der Waals surface area contributed by atoms with Gasteiger partial charge in [-0.2, -0.15) is 5.10 Å². The van der Waals surface area contributed by atoms with E-state index in [9.17, 15) is 0 Å². The third-order valence-corrected chi connectivity index (χ3v) is 5.13. The fourth-order valence-electron chi connectivity index (χ4n) is 3.31. The van der Waals surface area contributed by atoms with Gasteiger partial charge in [0.2, 0.25) is 0 Å². The molecule has 2 aliphatic rings. The van der Waals surface area contributed by atoms with Gasteiger partial charge in [-0.1, -0.05) is 18.9 Å². The monoisotopic (exact) mass is 259 g/mol. The van der Waals surface area contributed by atoms with Crippen LogP contribution in [0.15, 0.2) is 23.6 Å². The lowest BCUT2D eigenvalue weighted by molar-refractivity contribution is 0.223. The maximum Gasteiger partial charge on any atom is 0.125 e. The molecule has 1 aliphatic carbocycles. The highest BCUT2D eigenvalue weighted by Gasteiger charge is 2.32. The normalized spacial score (nSPS) is 26.2. The molecule has 1 saturated carbocycles. The first-order valence-corrected chi connectivity index (χ1v) is 7.67. The van der Waals surface area contributed by atoms with Gasteiger partial charge >= 0.3 is 0 Å². The fourth-order valence-corrected chi connectivity index (χ4v) is 3.99. The predicted octanol–water partition coefficient (Wildman–Crippen LogP) is 3.77. The van der Waals surface area contributed by atoms with Crippen LogP contribution in [0.1, 0.15) is 31.7 Å². The number of anilines is 1. The molecule has 0 amide bonds. The molecule has 0 saturated heterocycles. The first-order valence-electron chi connectivity index (χ1n) is 6.79.